The van der Waals surface area contributed by atoms with Crippen LogP contribution >= 0.6 is 0 Å². The molecular formula is C6H6O5. The Kier molecular flexibility index (Phi) is 2.48. The van der Waals surface area contributed by atoms with Crippen LogP contribution in [0.5, 0.6) is 0 Å². The normalized spacial score (nSPS) is 18.5. The van der Waals surface area contributed by atoms with Crippen molar-refractivity contribution < 1.29 is 23.8 Å². The van der Waals surface area contributed by atoms with E-state index in [-0.39, 0.29) is 13.2 Å². The molecule has 0 atom stereocenters. The number of carbonyl (C=O) groups is 2. The Hall–Kier alpha value is -1.52. The van der Waals surface area contributed by atoms with Crippen molar-refractivity contribution in [3.8, 4) is 0 Å². The van der Waals surface area contributed by atoms with Gasteiger partial charge in [0.1, 0.15) is 13.2 Å². The first-order valence-corrected chi connectivity index (χ1v) is 2.95. The molecule has 0 aliphatic carbocycles. The zero-order valence-electron chi connectivity index (χ0n) is 5.61. The fourth-order valence-electron chi connectivity index (χ4n) is 0.495. The standard InChI is InChI=1S/C6H6O5/c7-5-9-3-1-2-4-10-6(8)11-5/h1-2H,3-4H2. The molecule has 1 aliphatic heterocycles. The molecule has 0 aromatic heterocycles. The Morgan fingerprint density at radius 1 is 1.00 bits per heavy atom. The summed E-state index contributed by atoms with van der Waals surface area (Å²) in [4.78, 5) is 20.8. The topological polar surface area (TPSA) is 61.8 Å². The molecule has 0 amide bonds. The molecule has 60 valence electrons. The lowest BCUT2D eigenvalue weighted by atomic mass is 10.5. The maximum Gasteiger partial charge on any atom is 0.518 e. The molecule has 0 saturated heterocycles. The largest absolute Gasteiger partial charge is 0.518 e. The quantitative estimate of drug-likeness (QED) is 0.297. The van der Waals surface area contributed by atoms with Crippen molar-refractivity contribution >= 4 is 12.3 Å². The van der Waals surface area contributed by atoms with E-state index in [9.17, 15) is 9.59 Å². The van der Waals surface area contributed by atoms with E-state index in [1.807, 2.05) is 0 Å². The molecule has 0 unspecified atom stereocenters. The highest BCUT2D eigenvalue weighted by Crippen LogP contribution is 1.94. The third-order valence-electron chi connectivity index (χ3n) is 0.928. The van der Waals surface area contributed by atoms with E-state index in [2.05, 4.69) is 14.2 Å². The molecule has 1 rings (SSSR count). The monoisotopic (exact) mass is 158 g/mol. The molecule has 1 aliphatic rings. The number of carbonyl (C=O) groups excluding carboxylic acids is 2. The van der Waals surface area contributed by atoms with Gasteiger partial charge in [0.25, 0.3) is 0 Å². The lowest BCUT2D eigenvalue weighted by Crippen LogP contribution is -2.13. The summed E-state index contributed by atoms with van der Waals surface area (Å²) in [7, 11) is 0. The number of hydrogen-bond acceptors (Lipinski definition) is 5. The predicted molar refractivity (Wildman–Crippen MR) is 32.9 cm³/mol. The highest BCUT2D eigenvalue weighted by molar-refractivity contribution is 5.77. The number of rotatable bonds is 0. The van der Waals surface area contributed by atoms with Gasteiger partial charge in [-0.1, -0.05) is 0 Å². The molecule has 5 nitrogen and oxygen atoms in total. The van der Waals surface area contributed by atoms with Gasteiger partial charge in [-0.15, -0.1) is 0 Å². The summed E-state index contributed by atoms with van der Waals surface area (Å²) >= 11 is 0. The van der Waals surface area contributed by atoms with E-state index in [1.165, 1.54) is 0 Å². The first kappa shape index (κ1) is 7.59. The summed E-state index contributed by atoms with van der Waals surface area (Å²) in [6, 6.07) is 0. The van der Waals surface area contributed by atoms with Gasteiger partial charge in [0, 0.05) is 0 Å². The fraction of sp³-hybridized carbons (Fsp3) is 0.333. The van der Waals surface area contributed by atoms with Crippen LogP contribution < -0.4 is 0 Å². The minimum absolute atomic E-state index is 0.0927. The minimum Gasteiger partial charge on any atom is -0.430 e. The average molecular weight is 158 g/mol. The zero-order valence-corrected chi connectivity index (χ0v) is 5.61. The van der Waals surface area contributed by atoms with Crippen molar-refractivity contribution in [3.05, 3.63) is 12.2 Å². The molecule has 0 saturated carbocycles. The summed E-state index contributed by atoms with van der Waals surface area (Å²) in [5.41, 5.74) is 0. The van der Waals surface area contributed by atoms with Crippen LogP contribution in [-0.2, 0) is 14.2 Å². The van der Waals surface area contributed by atoms with E-state index in [0.29, 0.717) is 0 Å². The average Bonchev–Trinajstić information content (AvgIpc) is 2.02. The summed E-state index contributed by atoms with van der Waals surface area (Å²) in [5, 5.41) is 0. The molecule has 0 spiro atoms. The van der Waals surface area contributed by atoms with Crippen LogP contribution in [-0.4, -0.2) is 25.5 Å². The van der Waals surface area contributed by atoms with Crippen LogP contribution in [0.2, 0.25) is 0 Å². The molecule has 0 aromatic carbocycles. The third kappa shape index (κ3) is 2.70. The molecule has 0 radical (unpaired) electrons. The summed E-state index contributed by atoms with van der Waals surface area (Å²) in [6.45, 7) is 0.185. The summed E-state index contributed by atoms with van der Waals surface area (Å²) in [5.74, 6) is 0. The molecule has 0 aromatic rings. The Labute approximate surface area is 62.5 Å². The van der Waals surface area contributed by atoms with Crippen LogP contribution in [0.1, 0.15) is 0 Å². The maximum absolute atomic E-state index is 10.4. The van der Waals surface area contributed by atoms with Crippen molar-refractivity contribution in [1.29, 1.82) is 0 Å². The van der Waals surface area contributed by atoms with Crippen molar-refractivity contribution in [2.45, 2.75) is 0 Å². The second-order valence-corrected chi connectivity index (χ2v) is 1.70. The first-order chi connectivity index (χ1) is 5.29. The van der Waals surface area contributed by atoms with Gasteiger partial charge >= 0.3 is 12.3 Å². The van der Waals surface area contributed by atoms with Gasteiger partial charge in [-0.25, -0.2) is 9.59 Å². The van der Waals surface area contributed by atoms with Crippen LogP contribution in [0.4, 0.5) is 9.59 Å². The molecule has 11 heavy (non-hydrogen) atoms. The molecular weight excluding hydrogens is 152 g/mol. The summed E-state index contributed by atoms with van der Waals surface area (Å²) < 4.78 is 12.8. The second-order valence-electron chi connectivity index (χ2n) is 1.70. The van der Waals surface area contributed by atoms with E-state index in [0.717, 1.165) is 0 Å². The van der Waals surface area contributed by atoms with Crippen LogP contribution in [0.15, 0.2) is 12.2 Å². The molecule has 5 heteroatoms. The van der Waals surface area contributed by atoms with Gasteiger partial charge in [-0.2, -0.15) is 0 Å². The lowest BCUT2D eigenvalue weighted by Gasteiger charge is -1.99. The van der Waals surface area contributed by atoms with Gasteiger partial charge in [0.2, 0.25) is 0 Å². The molecule has 0 fully saturated rings. The van der Waals surface area contributed by atoms with Crippen molar-refractivity contribution in [1.82, 2.24) is 0 Å². The van der Waals surface area contributed by atoms with Crippen molar-refractivity contribution in [2.24, 2.45) is 0 Å². The molecule has 0 N–H and O–H groups in total. The summed E-state index contributed by atoms with van der Waals surface area (Å²) in [6.07, 6.45) is 1.03. The Bertz CT molecular complexity index is 175. The van der Waals surface area contributed by atoms with E-state index in [4.69, 9.17) is 0 Å². The van der Waals surface area contributed by atoms with Crippen LogP contribution in [0.3, 0.4) is 0 Å². The highest BCUT2D eigenvalue weighted by Gasteiger charge is 2.12. The van der Waals surface area contributed by atoms with Gasteiger partial charge in [0.15, 0.2) is 0 Å². The Balaban J connectivity index is 2.49. The zero-order chi connectivity index (χ0) is 8.10. The minimum atomic E-state index is -1.04. The number of hydrogen-bond donors (Lipinski definition) is 0. The van der Waals surface area contributed by atoms with Gasteiger partial charge in [-0.3, -0.25) is 0 Å². The maximum atomic E-state index is 10.4. The SMILES string of the molecule is O=C1OCC=CCOC(=O)O1. The lowest BCUT2D eigenvalue weighted by molar-refractivity contribution is 0.0483. The van der Waals surface area contributed by atoms with Crippen molar-refractivity contribution in [3.63, 3.8) is 0 Å². The fourth-order valence-corrected chi connectivity index (χ4v) is 0.495. The van der Waals surface area contributed by atoms with E-state index < -0.39 is 12.3 Å². The number of cyclic esters (lactones) is 4. The molecule has 1 heterocycles. The Morgan fingerprint density at radius 3 is 1.91 bits per heavy atom. The third-order valence-corrected chi connectivity index (χ3v) is 0.928. The van der Waals surface area contributed by atoms with Gasteiger partial charge < -0.3 is 14.2 Å². The van der Waals surface area contributed by atoms with Gasteiger partial charge in [0.05, 0.1) is 0 Å². The molecule has 0 bridgehead atoms. The first-order valence-electron chi connectivity index (χ1n) is 2.95. The van der Waals surface area contributed by atoms with Crippen molar-refractivity contribution in [2.75, 3.05) is 13.2 Å². The Morgan fingerprint density at radius 2 is 1.45 bits per heavy atom. The van der Waals surface area contributed by atoms with E-state index >= 15 is 0 Å². The smallest absolute Gasteiger partial charge is 0.430 e. The van der Waals surface area contributed by atoms with Gasteiger partial charge in [-0.05, 0) is 12.2 Å². The number of ether oxygens (including phenoxy) is 3. The highest BCUT2D eigenvalue weighted by atomic mass is 16.8. The van der Waals surface area contributed by atoms with Crippen LogP contribution in [0.25, 0.3) is 0 Å². The predicted octanol–water partition coefficient (Wildman–Crippen LogP) is 0.846. The van der Waals surface area contributed by atoms with E-state index in [1.54, 1.807) is 12.2 Å². The second kappa shape index (κ2) is 3.60. The van der Waals surface area contributed by atoms with Crippen LogP contribution in [0, 0.1) is 0 Å².